The molecule has 0 saturated heterocycles. The van der Waals surface area contributed by atoms with E-state index < -0.39 is 0 Å². The lowest BCUT2D eigenvalue weighted by Crippen LogP contribution is -2.52. The van der Waals surface area contributed by atoms with Gasteiger partial charge in [-0.15, -0.1) is 0 Å². The Balaban J connectivity index is 1.61. The predicted octanol–water partition coefficient (Wildman–Crippen LogP) is 11.0. The van der Waals surface area contributed by atoms with Gasteiger partial charge in [0.15, 0.2) is 0 Å². The van der Waals surface area contributed by atoms with Gasteiger partial charge in [-0.2, -0.15) is 0 Å². The van der Waals surface area contributed by atoms with E-state index in [0.717, 1.165) is 43.3 Å². The van der Waals surface area contributed by atoms with Gasteiger partial charge in [-0.1, -0.05) is 106 Å². The van der Waals surface area contributed by atoms with E-state index in [2.05, 4.69) is 105 Å². The second-order valence-corrected chi connectivity index (χ2v) is 14.0. The van der Waals surface area contributed by atoms with Gasteiger partial charge < -0.3 is 0 Å². The molecule has 0 aliphatic heterocycles. The maximum Gasteiger partial charge on any atom is 0.0194 e. The van der Waals surface area contributed by atoms with Crippen molar-refractivity contribution >= 4 is 11.1 Å². The van der Waals surface area contributed by atoms with Crippen LogP contribution in [-0.2, 0) is 19.3 Å². The monoisotopic (exact) mass is 528 g/mol. The van der Waals surface area contributed by atoms with Gasteiger partial charge >= 0.3 is 0 Å². The van der Waals surface area contributed by atoms with Gasteiger partial charge in [-0.3, -0.25) is 0 Å². The molecule has 0 amide bonds. The fraction of sp³-hybridized carbons (Fsp3) is 0.400. The molecule has 0 fully saturated rings. The molecule has 0 unspecified atom stereocenters. The van der Waals surface area contributed by atoms with Gasteiger partial charge in [-0.05, 0) is 133 Å². The van der Waals surface area contributed by atoms with Crippen LogP contribution in [0.2, 0.25) is 0 Å². The van der Waals surface area contributed by atoms with Gasteiger partial charge in [0.1, 0.15) is 0 Å². The Morgan fingerprint density at radius 1 is 0.875 bits per heavy atom. The van der Waals surface area contributed by atoms with Gasteiger partial charge in [0, 0.05) is 5.41 Å². The Labute approximate surface area is 244 Å². The zero-order chi connectivity index (χ0) is 29.4. The fourth-order valence-corrected chi connectivity index (χ4v) is 9.11. The molecular formula is C40H48. The van der Waals surface area contributed by atoms with Crippen LogP contribution in [0.25, 0.3) is 11.1 Å². The van der Waals surface area contributed by atoms with Crippen LogP contribution >= 0.6 is 0 Å². The predicted molar refractivity (Wildman–Crippen MR) is 175 cm³/mol. The number of benzene rings is 2. The third kappa shape index (κ3) is 4.01. The molecule has 40 heavy (non-hydrogen) atoms. The number of allylic oxidation sites excluding steroid dienone is 8. The van der Waals surface area contributed by atoms with E-state index in [1.54, 1.807) is 0 Å². The molecule has 2 aromatic rings. The molecule has 0 heterocycles. The lowest BCUT2D eigenvalue weighted by atomic mass is 9.41. The Bertz CT molecular complexity index is 1560. The lowest BCUT2D eigenvalue weighted by molar-refractivity contribution is 0.0543. The number of rotatable bonds is 5. The molecule has 2 aromatic carbocycles. The zero-order valence-electron chi connectivity index (χ0n) is 26.3. The minimum absolute atomic E-state index is 0.0477. The van der Waals surface area contributed by atoms with Crippen LogP contribution in [0, 0.1) is 23.2 Å². The molecule has 3 atom stereocenters. The van der Waals surface area contributed by atoms with Crippen molar-refractivity contribution in [3.05, 3.63) is 130 Å². The van der Waals surface area contributed by atoms with Gasteiger partial charge in [-0.25, -0.2) is 0 Å². The molecule has 0 aromatic heterocycles. The molecule has 208 valence electrons. The Morgan fingerprint density at radius 2 is 1.57 bits per heavy atom. The SMILES string of the molecule is C=C(C)C1=C(C)C[C@@]2(C)C[C@@]3(C)Cc4c(CCc5cccc(C(=C)C)c5)ccc(C)c4C(=C)C3=C(C)[C@@]2(C)C1=C. The minimum Gasteiger partial charge on any atom is -0.0955 e. The minimum atomic E-state index is -0.115. The topological polar surface area (TPSA) is 0 Å². The molecule has 0 heteroatoms. The molecule has 0 N–H and O–H groups in total. The van der Waals surface area contributed by atoms with Crippen LogP contribution in [0.1, 0.15) is 94.7 Å². The van der Waals surface area contributed by atoms with E-state index in [1.165, 1.54) is 66.8 Å². The maximum absolute atomic E-state index is 4.85. The molecule has 0 spiro atoms. The van der Waals surface area contributed by atoms with Crippen molar-refractivity contribution < 1.29 is 0 Å². The Hall–Kier alpha value is -3.12. The number of aryl methyl sites for hydroxylation is 3. The van der Waals surface area contributed by atoms with Crippen molar-refractivity contribution in [2.45, 2.75) is 87.5 Å². The van der Waals surface area contributed by atoms with E-state index in [-0.39, 0.29) is 16.2 Å². The van der Waals surface area contributed by atoms with Crippen LogP contribution in [0.15, 0.2) is 96.2 Å². The first-order valence-corrected chi connectivity index (χ1v) is 15.0. The third-order valence-corrected chi connectivity index (χ3v) is 11.0. The van der Waals surface area contributed by atoms with Crippen molar-refractivity contribution in [2.75, 3.05) is 0 Å². The summed E-state index contributed by atoms with van der Waals surface area (Å²) in [4.78, 5) is 0. The molecule has 3 aliphatic carbocycles. The molecular weight excluding hydrogens is 480 g/mol. The first-order valence-electron chi connectivity index (χ1n) is 15.0. The second kappa shape index (κ2) is 9.47. The summed E-state index contributed by atoms with van der Waals surface area (Å²) in [6.45, 7) is 36.8. The summed E-state index contributed by atoms with van der Waals surface area (Å²) in [5.74, 6) is 0. The molecule has 0 saturated carbocycles. The summed E-state index contributed by atoms with van der Waals surface area (Å²) < 4.78 is 0. The van der Waals surface area contributed by atoms with Crippen LogP contribution in [0.4, 0.5) is 0 Å². The number of fused-ring (bicyclic) bond motifs is 3. The highest BCUT2D eigenvalue weighted by atomic mass is 14.6. The normalized spacial score (nSPS) is 27.8. The highest BCUT2D eigenvalue weighted by Crippen LogP contribution is 2.70. The van der Waals surface area contributed by atoms with Crippen molar-refractivity contribution in [1.82, 2.24) is 0 Å². The first-order chi connectivity index (χ1) is 18.6. The van der Waals surface area contributed by atoms with Gasteiger partial charge in [0.05, 0.1) is 0 Å². The number of hydrogen-bond acceptors (Lipinski definition) is 0. The van der Waals surface area contributed by atoms with E-state index >= 15 is 0 Å². The standard InChI is InChI=1S/C40H48/c1-24(2)33-15-13-14-31(20-33)17-19-32-18-16-26(5)36-28(7)37-30(9)40(12)29(8)35(25(3)4)27(6)21-39(40,11)23-38(37,10)22-34(32)36/h13-16,18,20H,1,3,7-8,17,19,21-23H2,2,4-6,9-12H3/t38-,39+,40-/m1/s1. The highest BCUT2D eigenvalue weighted by molar-refractivity contribution is 5.87. The molecule has 0 bridgehead atoms. The van der Waals surface area contributed by atoms with Gasteiger partial charge in [0.25, 0.3) is 0 Å². The summed E-state index contributed by atoms with van der Waals surface area (Å²) >= 11 is 0. The molecule has 0 nitrogen and oxygen atoms in total. The van der Waals surface area contributed by atoms with Crippen LogP contribution in [-0.4, -0.2) is 0 Å². The molecule has 3 aliphatic rings. The van der Waals surface area contributed by atoms with E-state index in [1.807, 2.05) is 0 Å². The largest absolute Gasteiger partial charge is 0.0955 e. The summed E-state index contributed by atoms with van der Waals surface area (Å²) in [7, 11) is 0. The van der Waals surface area contributed by atoms with E-state index in [4.69, 9.17) is 13.2 Å². The Kier molecular flexibility index (Phi) is 6.73. The van der Waals surface area contributed by atoms with E-state index in [9.17, 15) is 0 Å². The maximum atomic E-state index is 4.85. The first kappa shape index (κ1) is 28.4. The summed E-state index contributed by atoms with van der Waals surface area (Å²) in [5, 5.41) is 0. The summed E-state index contributed by atoms with van der Waals surface area (Å²) in [6.07, 6.45) is 5.37. The third-order valence-electron chi connectivity index (χ3n) is 11.0. The molecule has 0 radical (unpaired) electrons. The fourth-order valence-electron chi connectivity index (χ4n) is 9.11. The second-order valence-electron chi connectivity index (χ2n) is 14.0. The average molecular weight is 529 g/mol. The van der Waals surface area contributed by atoms with Crippen LogP contribution in [0.3, 0.4) is 0 Å². The van der Waals surface area contributed by atoms with Crippen LogP contribution < -0.4 is 0 Å². The summed E-state index contributed by atoms with van der Waals surface area (Å²) in [5.41, 5.74) is 18.8. The number of hydrogen-bond donors (Lipinski definition) is 0. The Morgan fingerprint density at radius 3 is 2.23 bits per heavy atom. The van der Waals surface area contributed by atoms with Gasteiger partial charge in [0.2, 0.25) is 0 Å². The molecule has 5 rings (SSSR count). The van der Waals surface area contributed by atoms with Crippen molar-refractivity contribution in [1.29, 1.82) is 0 Å². The van der Waals surface area contributed by atoms with Crippen molar-refractivity contribution in [2.24, 2.45) is 16.2 Å². The smallest absolute Gasteiger partial charge is 0.0194 e. The van der Waals surface area contributed by atoms with Crippen molar-refractivity contribution in [3.8, 4) is 0 Å². The van der Waals surface area contributed by atoms with Crippen LogP contribution in [0.5, 0.6) is 0 Å². The van der Waals surface area contributed by atoms with Crippen molar-refractivity contribution in [3.63, 3.8) is 0 Å². The quantitative estimate of drug-likeness (QED) is 0.362. The lowest BCUT2D eigenvalue weighted by Gasteiger charge is -2.62. The highest BCUT2D eigenvalue weighted by Gasteiger charge is 2.59. The summed E-state index contributed by atoms with van der Waals surface area (Å²) in [6, 6.07) is 13.6. The zero-order valence-corrected chi connectivity index (χ0v) is 26.3. The van der Waals surface area contributed by atoms with E-state index in [0.29, 0.717) is 0 Å². The average Bonchev–Trinajstić information content (AvgIpc) is 2.85.